The van der Waals surface area contributed by atoms with E-state index in [0.29, 0.717) is 22.4 Å². The van der Waals surface area contributed by atoms with Crippen molar-refractivity contribution in [2.75, 3.05) is 5.32 Å². The molecule has 7 nitrogen and oxygen atoms in total. The van der Waals surface area contributed by atoms with Crippen molar-refractivity contribution in [3.63, 3.8) is 0 Å². The Kier molecular flexibility index (Phi) is 6.87. The number of allylic oxidation sites excluding steroid dienone is 1. The van der Waals surface area contributed by atoms with Crippen LogP contribution >= 0.6 is 23.4 Å². The number of ether oxygens (including phenoxy) is 1. The van der Waals surface area contributed by atoms with E-state index in [1.54, 1.807) is 17.1 Å². The first kappa shape index (κ1) is 22.9. The summed E-state index contributed by atoms with van der Waals surface area (Å²) < 4.78 is 7.72. The Morgan fingerprint density at radius 3 is 2.79 bits per heavy atom. The van der Waals surface area contributed by atoms with Crippen molar-refractivity contribution >= 4 is 35.3 Å². The molecule has 0 spiro atoms. The molecule has 5 rings (SSSR count). The van der Waals surface area contributed by atoms with Gasteiger partial charge in [-0.15, -0.1) is 5.10 Å². The minimum Gasteiger partial charge on any atom is -0.459 e. The number of pyridine rings is 1. The summed E-state index contributed by atoms with van der Waals surface area (Å²) in [6.07, 6.45) is 8.68. The average Bonchev–Trinajstić information content (AvgIpc) is 3.26. The van der Waals surface area contributed by atoms with Crippen molar-refractivity contribution < 1.29 is 9.53 Å². The van der Waals surface area contributed by atoms with E-state index in [9.17, 15) is 4.79 Å². The van der Waals surface area contributed by atoms with Crippen LogP contribution in [-0.4, -0.2) is 31.8 Å². The molecule has 3 aromatic rings. The molecule has 0 amide bonds. The fraction of sp³-hybridized carbons (Fsp3) is 0.360. The zero-order valence-corrected chi connectivity index (χ0v) is 20.5. The third-order valence-electron chi connectivity index (χ3n) is 6.19. The van der Waals surface area contributed by atoms with Crippen LogP contribution in [0.25, 0.3) is 0 Å². The predicted octanol–water partition coefficient (Wildman–Crippen LogP) is 5.78. The number of anilines is 1. The number of hydrogen-bond acceptors (Lipinski definition) is 7. The second-order valence-corrected chi connectivity index (χ2v) is 9.91. The van der Waals surface area contributed by atoms with Crippen LogP contribution in [0.4, 0.5) is 5.95 Å². The summed E-state index contributed by atoms with van der Waals surface area (Å²) >= 11 is 7.81. The van der Waals surface area contributed by atoms with E-state index in [1.807, 2.05) is 43.3 Å². The molecule has 1 fully saturated rings. The predicted molar refractivity (Wildman–Crippen MR) is 133 cm³/mol. The lowest BCUT2D eigenvalue weighted by Crippen LogP contribution is -2.32. The van der Waals surface area contributed by atoms with Gasteiger partial charge in [-0.25, -0.2) is 9.48 Å². The monoisotopic (exact) mass is 495 g/mol. The molecular formula is C25H26ClN5O2S. The number of carbonyl (C=O) groups excluding carboxylic acids is 1. The van der Waals surface area contributed by atoms with Gasteiger partial charge in [0.05, 0.1) is 5.57 Å². The first-order chi connectivity index (χ1) is 16.6. The highest BCUT2D eigenvalue weighted by Gasteiger charge is 2.36. The molecule has 1 unspecified atom stereocenters. The van der Waals surface area contributed by atoms with Gasteiger partial charge in [0, 0.05) is 28.9 Å². The number of fused-ring (bicyclic) bond motifs is 1. The van der Waals surface area contributed by atoms with Crippen LogP contribution in [-0.2, 0) is 15.3 Å². The number of thioether (sulfide) groups is 1. The zero-order chi connectivity index (χ0) is 23.5. The van der Waals surface area contributed by atoms with Gasteiger partial charge < -0.3 is 10.1 Å². The summed E-state index contributed by atoms with van der Waals surface area (Å²) in [6, 6.07) is 11.1. The molecule has 1 aliphatic heterocycles. The summed E-state index contributed by atoms with van der Waals surface area (Å²) in [5.41, 5.74) is 3.13. The standard InChI is InChI=1S/C25H26ClN5O2S/c1-16-21(23(32)33-19-10-3-2-4-11-19)22(17-9-7-13-27-14-17)31-24(28-16)29-25(30-31)34-15-18-8-5-6-12-20(18)26/h5-9,12-14,19,22H,2-4,10-11,15H2,1H3,(H,28,29,30). The van der Waals surface area contributed by atoms with Crippen molar-refractivity contribution in [3.8, 4) is 0 Å². The Hall–Kier alpha value is -2.84. The third-order valence-corrected chi connectivity index (χ3v) is 7.45. The quantitative estimate of drug-likeness (QED) is 0.342. The van der Waals surface area contributed by atoms with Gasteiger partial charge >= 0.3 is 5.97 Å². The van der Waals surface area contributed by atoms with Crippen LogP contribution in [0.1, 0.15) is 56.2 Å². The van der Waals surface area contributed by atoms with E-state index in [4.69, 9.17) is 21.4 Å². The number of nitrogens with one attached hydrogen (secondary N) is 1. The maximum absolute atomic E-state index is 13.4. The number of carbonyl (C=O) groups is 1. The summed E-state index contributed by atoms with van der Waals surface area (Å²) in [5, 5.41) is 9.35. The maximum Gasteiger partial charge on any atom is 0.338 e. The molecule has 1 aliphatic carbocycles. The molecular weight excluding hydrogens is 470 g/mol. The van der Waals surface area contributed by atoms with Gasteiger partial charge in [0.25, 0.3) is 0 Å². The largest absolute Gasteiger partial charge is 0.459 e. The van der Waals surface area contributed by atoms with Gasteiger partial charge in [-0.3, -0.25) is 4.98 Å². The molecule has 1 aromatic carbocycles. The normalized spacial score (nSPS) is 18.4. The topological polar surface area (TPSA) is 81.9 Å². The lowest BCUT2D eigenvalue weighted by molar-refractivity contribution is -0.146. The van der Waals surface area contributed by atoms with Crippen LogP contribution in [0.5, 0.6) is 0 Å². The number of halogens is 1. The van der Waals surface area contributed by atoms with Crippen molar-refractivity contribution in [2.45, 2.75) is 62.1 Å². The maximum atomic E-state index is 13.4. The highest BCUT2D eigenvalue weighted by atomic mass is 35.5. The van der Waals surface area contributed by atoms with Gasteiger partial charge in [-0.1, -0.05) is 54.0 Å². The van der Waals surface area contributed by atoms with E-state index in [1.165, 1.54) is 18.2 Å². The van der Waals surface area contributed by atoms with Crippen LogP contribution in [0.15, 0.2) is 65.2 Å². The molecule has 0 bridgehead atoms. The Labute approximate surface area is 208 Å². The molecule has 176 valence electrons. The van der Waals surface area contributed by atoms with Gasteiger partial charge in [-0.05, 0) is 55.9 Å². The summed E-state index contributed by atoms with van der Waals surface area (Å²) in [4.78, 5) is 22.4. The van der Waals surface area contributed by atoms with Crippen molar-refractivity contribution in [1.29, 1.82) is 0 Å². The minimum absolute atomic E-state index is 0.0324. The molecule has 1 atom stereocenters. The van der Waals surface area contributed by atoms with E-state index in [-0.39, 0.29) is 12.1 Å². The molecule has 1 saturated carbocycles. The van der Waals surface area contributed by atoms with Crippen molar-refractivity contribution in [2.24, 2.45) is 0 Å². The fourth-order valence-corrected chi connectivity index (χ4v) is 5.57. The van der Waals surface area contributed by atoms with Crippen molar-refractivity contribution in [1.82, 2.24) is 19.7 Å². The van der Waals surface area contributed by atoms with E-state index in [0.717, 1.165) is 47.5 Å². The SMILES string of the molecule is CC1=C(C(=O)OC2CCCCC2)C(c2cccnc2)n2nc(SCc3ccccc3Cl)nc2N1. The van der Waals surface area contributed by atoms with E-state index < -0.39 is 6.04 Å². The molecule has 0 radical (unpaired) electrons. The van der Waals surface area contributed by atoms with Crippen LogP contribution < -0.4 is 5.32 Å². The molecule has 0 saturated heterocycles. The smallest absolute Gasteiger partial charge is 0.338 e. The Morgan fingerprint density at radius 1 is 1.21 bits per heavy atom. The average molecular weight is 496 g/mol. The molecule has 3 heterocycles. The molecule has 2 aromatic heterocycles. The lowest BCUT2D eigenvalue weighted by atomic mass is 9.95. The van der Waals surface area contributed by atoms with E-state index >= 15 is 0 Å². The highest BCUT2D eigenvalue weighted by molar-refractivity contribution is 7.98. The second-order valence-electron chi connectivity index (χ2n) is 8.56. The first-order valence-electron chi connectivity index (χ1n) is 11.5. The van der Waals surface area contributed by atoms with Gasteiger partial charge in [0.15, 0.2) is 0 Å². The third kappa shape index (κ3) is 4.83. The van der Waals surface area contributed by atoms with Crippen LogP contribution in [0.3, 0.4) is 0 Å². The number of esters is 1. The Morgan fingerprint density at radius 2 is 2.03 bits per heavy atom. The van der Waals surface area contributed by atoms with Crippen LogP contribution in [0, 0.1) is 0 Å². The lowest BCUT2D eigenvalue weighted by Gasteiger charge is -2.29. The summed E-state index contributed by atoms with van der Waals surface area (Å²) in [5.74, 6) is 0.920. The number of hydrogen-bond donors (Lipinski definition) is 1. The van der Waals surface area contributed by atoms with Gasteiger partial charge in [0.2, 0.25) is 11.1 Å². The van der Waals surface area contributed by atoms with Gasteiger partial charge in [-0.2, -0.15) is 4.98 Å². The van der Waals surface area contributed by atoms with Crippen LogP contribution in [0.2, 0.25) is 5.02 Å². The number of benzene rings is 1. The molecule has 34 heavy (non-hydrogen) atoms. The summed E-state index contributed by atoms with van der Waals surface area (Å²) in [6.45, 7) is 1.88. The van der Waals surface area contributed by atoms with Crippen molar-refractivity contribution in [3.05, 3.63) is 76.2 Å². The van der Waals surface area contributed by atoms with E-state index in [2.05, 4.69) is 15.3 Å². The number of nitrogens with zero attached hydrogens (tertiary/aromatic N) is 4. The van der Waals surface area contributed by atoms with Gasteiger partial charge in [0.1, 0.15) is 12.1 Å². The fourth-order valence-electron chi connectivity index (χ4n) is 4.46. The molecule has 9 heteroatoms. The molecule has 2 aliphatic rings. The second kappa shape index (κ2) is 10.2. The number of rotatable bonds is 6. The Bertz CT molecular complexity index is 1210. The Balaban J connectivity index is 1.44. The first-order valence-corrected chi connectivity index (χ1v) is 12.9. The minimum atomic E-state index is -0.469. The summed E-state index contributed by atoms with van der Waals surface area (Å²) in [7, 11) is 0. The zero-order valence-electron chi connectivity index (χ0n) is 18.9. The number of aromatic nitrogens is 4. The molecule has 1 N–H and O–H groups in total. The highest BCUT2D eigenvalue weighted by Crippen LogP contribution is 2.37.